The molecule has 0 saturated heterocycles. The van der Waals surface area contributed by atoms with Crippen molar-refractivity contribution in [3.63, 3.8) is 0 Å². The van der Waals surface area contributed by atoms with Gasteiger partial charge < -0.3 is 4.74 Å². The third-order valence-electron chi connectivity index (χ3n) is 1.99. The van der Waals surface area contributed by atoms with Crippen LogP contribution in [-0.4, -0.2) is 5.97 Å². The van der Waals surface area contributed by atoms with E-state index in [2.05, 4.69) is 6.58 Å². The largest absolute Gasteiger partial charge is 0.452 e. The first-order chi connectivity index (χ1) is 7.56. The number of rotatable bonds is 3. The van der Waals surface area contributed by atoms with Crippen molar-refractivity contribution in [3.05, 3.63) is 48.6 Å². The molecule has 0 aromatic heterocycles. The molecular formula is C14H20O2. The lowest BCUT2D eigenvalue weighted by Gasteiger charge is -2.24. The molecule has 0 fully saturated rings. The highest BCUT2D eigenvalue weighted by molar-refractivity contribution is 5.81. The van der Waals surface area contributed by atoms with E-state index in [4.69, 9.17) is 4.74 Å². The minimum Gasteiger partial charge on any atom is -0.452 e. The molecule has 0 aliphatic rings. The fraction of sp³-hybridized carbons (Fsp3) is 0.357. The van der Waals surface area contributed by atoms with Crippen LogP contribution in [0.1, 0.15) is 33.3 Å². The first-order valence-electron chi connectivity index (χ1n) is 5.47. The minimum absolute atomic E-state index is 0.404. The van der Waals surface area contributed by atoms with E-state index in [0.29, 0.717) is 0 Å². The molecule has 0 unspecified atom stereocenters. The van der Waals surface area contributed by atoms with E-state index < -0.39 is 11.6 Å². The summed E-state index contributed by atoms with van der Waals surface area (Å²) in [5.41, 5.74) is 0.363. The quantitative estimate of drug-likeness (QED) is 0.573. The first kappa shape index (κ1) is 14.4. The molecule has 88 valence electrons. The minimum atomic E-state index is -0.605. The molecule has 0 aliphatic heterocycles. The number of esters is 1. The van der Waals surface area contributed by atoms with Crippen LogP contribution < -0.4 is 0 Å². The van der Waals surface area contributed by atoms with E-state index in [0.717, 1.165) is 5.56 Å². The molecular weight excluding hydrogens is 200 g/mol. The highest BCUT2D eigenvalue weighted by Gasteiger charge is 2.23. The van der Waals surface area contributed by atoms with Gasteiger partial charge in [-0.25, -0.2) is 4.79 Å². The molecule has 1 rings (SSSR count). The van der Waals surface area contributed by atoms with Crippen LogP contribution in [0.4, 0.5) is 0 Å². The zero-order chi connectivity index (χ0) is 12.6. The predicted octanol–water partition coefficient (Wildman–Crippen LogP) is 3.68. The second-order valence-corrected chi connectivity index (χ2v) is 3.50. The van der Waals surface area contributed by atoms with Gasteiger partial charge in [-0.15, -0.1) is 0 Å². The van der Waals surface area contributed by atoms with Gasteiger partial charge in [0.2, 0.25) is 0 Å². The van der Waals surface area contributed by atoms with Crippen molar-refractivity contribution in [1.29, 1.82) is 0 Å². The van der Waals surface area contributed by atoms with E-state index in [-0.39, 0.29) is 0 Å². The summed E-state index contributed by atoms with van der Waals surface area (Å²) >= 11 is 0. The Balaban J connectivity index is 0.00000106. The number of carbonyl (C=O) groups excluding carboxylic acids is 1. The van der Waals surface area contributed by atoms with Gasteiger partial charge in [-0.1, -0.05) is 50.8 Å². The van der Waals surface area contributed by atoms with Crippen LogP contribution in [0.3, 0.4) is 0 Å². The molecule has 0 amide bonds. The third kappa shape index (κ3) is 4.30. The maximum absolute atomic E-state index is 11.1. The molecule has 0 spiro atoms. The maximum Gasteiger partial charge on any atom is 0.331 e. The molecule has 0 saturated carbocycles. The molecule has 16 heavy (non-hydrogen) atoms. The van der Waals surface area contributed by atoms with Gasteiger partial charge in [0, 0.05) is 6.08 Å². The van der Waals surface area contributed by atoms with Gasteiger partial charge in [-0.05, 0) is 19.4 Å². The van der Waals surface area contributed by atoms with Gasteiger partial charge in [0.1, 0.15) is 5.60 Å². The van der Waals surface area contributed by atoms with Gasteiger partial charge in [0.15, 0.2) is 0 Å². The number of carbonyl (C=O) groups is 1. The molecule has 0 aliphatic carbocycles. The number of ether oxygens (including phenoxy) is 1. The zero-order valence-corrected chi connectivity index (χ0v) is 10.5. The average Bonchev–Trinajstić information content (AvgIpc) is 2.32. The van der Waals surface area contributed by atoms with Crippen LogP contribution in [-0.2, 0) is 15.1 Å². The molecule has 2 nitrogen and oxygen atoms in total. The van der Waals surface area contributed by atoms with E-state index in [9.17, 15) is 4.79 Å². The van der Waals surface area contributed by atoms with Gasteiger partial charge in [-0.2, -0.15) is 0 Å². The van der Waals surface area contributed by atoms with E-state index >= 15 is 0 Å². The predicted molar refractivity (Wildman–Crippen MR) is 67.1 cm³/mol. The zero-order valence-electron chi connectivity index (χ0n) is 10.5. The molecule has 1 aromatic carbocycles. The van der Waals surface area contributed by atoms with Crippen molar-refractivity contribution < 1.29 is 9.53 Å². The molecule has 2 heteroatoms. The molecule has 0 bridgehead atoms. The molecule has 0 heterocycles. The van der Waals surface area contributed by atoms with Crippen LogP contribution in [0.25, 0.3) is 0 Å². The van der Waals surface area contributed by atoms with Gasteiger partial charge in [-0.3, -0.25) is 0 Å². The summed E-state index contributed by atoms with van der Waals surface area (Å²) in [6, 6.07) is 9.61. The molecule has 0 N–H and O–H groups in total. The first-order valence-corrected chi connectivity index (χ1v) is 5.47. The van der Waals surface area contributed by atoms with Crippen molar-refractivity contribution in [3.8, 4) is 0 Å². The van der Waals surface area contributed by atoms with Crippen molar-refractivity contribution in [2.45, 2.75) is 33.3 Å². The Kier molecular flexibility index (Phi) is 6.16. The van der Waals surface area contributed by atoms with Crippen LogP contribution in [0.2, 0.25) is 0 Å². The van der Waals surface area contributed by atoms with Crippen molar-refractivity contribution in [1.82, 2.24) is 0 Å². The summed E-state index contributed by atoms with van der Waals surface area (Å²) in [6.45, 7) is 11.1. The fourth-order valence-electron chi connectivity index (χ4n) is 1.19. The summed E-state index contributed by atoms with van der Waals surface area (Å²) < 4.78 is 5.22. The van der Waals surface area contributed by atoms with Crippen LogP contribution in [0.15, 0.2) is 43.0 Å². The highest BCUT2D eigenvalue weighted by Crippen LogP contribution is 2.24. The second kappa shape index (κ2) is 6.83. The number of benzene rings is 1. The van der Waals surface area contributed by atoms with Crippen molar-refractivity contribution >= 4 is 5.97 Å². The normalized spacial score (nSPS) is 9.75. The van der Waals surface area contributed by atoms with Gasteiger partial charge in [0.25, 0.3) is 0 Å². The van der Waals surface area contributed by atoms with Gasteiger partial charge in [0.05, 0.1) is 0 Å². The Morgan fingerprint density at radius 2 is 1.75 bits per heavy atom. The van der Waals surface area contributed by atoms with E-state index in [1.54, 1.807) is 0 Å². The summed E-state index contributed by atoms with van der Waals surface area (Å²) in [5.74, 6) is -0.404. The Labute approximate surface area is 97.9 Å². The Hall–Kier alpha value is -1.57. The van der Waals surface area contributed by atoms with Crippen LogP contribution >= 0.6 is 0 Å². The average molecular weight is 220 g/mol. The second-order valence-electron chi connectivity index (χ2n) is 3.50. The number of hydrogen-bond acceptors (Lipinski definition) is 2. The third-order valence-corrected chi connectivity index (χ3v) is 1.99. The molecule has 0 atom stereocenters. The molecule has 1 aromatic rings. The highest BCUT2D eigenvalue weighted by atomic mass is 16.6. The van der Waals surface area contributed by atoms with Crippen LogP contribution in [0.5, 0.6) is 0 Å². The Morgan fingerprint density at radius 3 is 2.19 bits per heavy atom. The molecule has 0 radical (unpaired) electrons. The van der Waals surface area contributed by atoms with Crippen molar-refractivity contribution in [2.75, 3.05) is 0 Å². The maximum atomic E-state index is 11.1. The SMILES string of the molecule is C=CC(=O)OC(C)(C)c1ccccc1.CC. The summed E-state index contributed by atoms with van der Waals surface area (Å²) in [7, 11) is 0. The summed E-state index contributed by atoms with van der Waals surface area (Å²) in [4.78, 5) is 11.1. The fourth-order valence-corrected chi connectivity index (χ4v) is 1.19. The summed E-state index contributed by atoms with van der Waals surface area (Å²) in [6.07, 6.45) is 1.17. The summed E-state index contributed by atoms with van der Waals surface area (Å²) in [5, 5.41) is 0. The van der Waals surface area contributed by atoms with E-state index in [1.165, 1.54) is 6.08 Å². The van der Waals surface area contributed by atoms with Crippen LogP contribution in [0, 0.1) is 0 Å². The lowest BCUT2D eigenvalue weighted by atomic mass is 9.98. The van der Waals surface area contributed by atoms with Gasteiger partial charge >= 0.3 is 5.97 Å². The Morgan fingerprint density at radius 1 is 1.25 bits per heavy atom. The lowest BCUT2D eigenvalue weighted by Crippen LogP contribution is -2.24. The number of hydrogen-bond donors (Lipinski definition) is 0. The monoisotopic (exact) mass is 220 g/mol. The van der Waals surface area contributed by atoms with Crippen molar-refractivity contribution in [2.24, 2.45) is 0 Å². The lowest BCUT2D eigenvalue weighted by molar-refractivity contribution is -0.151. The standard InChI is InChI=1S/C12H14O2.C2H6/c1-4-11(13)14-12(2,3)10-8-6-5-7-9-10;1-2/h4-9H,1H2,2-3H3;1-2H3. The van der Waals surface area contributed by atoms with E-state index in [1.807, 2.05) is 58.0 Å². The topological polar surface area (TPSA) is 26.3 Å². The smallest absolute Gasteiger partial charge is 0.331 e. The Bertz CT molecular complexity index is 326.